The zero-order chi connectivity index (χ0) is 28.2. The molecule has 1 N–H and O–H groups in total. The van der Waals surface area contributed by atoms with E-state index in [0.29, 0.717) is 18.4 Å². The number of hydrogen-bond donors (Lipinski definition) is 1. The van der Waals surface area contributed by atoms with Crippen LogP contribution in [0, 0.1) is 28.1 Å². The van der Waals surface area contributed by atoms with Crippen molar-refractivity contribution in [3.8, 4) is 0 Å². The molecule has 0 radical (unpaired) electrons. The summed E-state index contributed by atoms with van der Waals surface area (Å²) in [6.45, 7) is 9.33. The molecule has 0 amide bonds. The summed E-state index contributed by atoms with van der Waals surface area (Å²) in [5, 5.41) is 12.1. The molecule has 10 atom stereocenters. The standard InChI is InChI=1S/C29H36O10/c1-15(30)37-22-19(32)20-25(2,3)36-14-28(20,11-8-18(31)34-6)17-7-10-26(4)21(16-9-12-35-13-16)38-24(33)23-29(26,39-23)27(17,22)5/h8-9,11-13,17,19-23,32H,7,10,14H2,1-6H3/b11-8+/t17-,19-,20-,21-,22-,23+,26+,27-,28+,29+/m0/s1. The fourth-order valence-corrected chi connectivity index (χ4v) is 9.39. The molecule has 4 heterocycles. The number of ether oxygens (including phenoxy) is 5. The minimum Gasteiger partial charge on any atom is -0.472 e. The molecule has 39 heavy (non-hydrogen) atoms. The van der Waals surface area contributed by atoms with Gasteiger partial charge < -0.3 is 33.2 Å². The summed E-state index contributed by atoms with van der Waals surface area (Å²) in [7, 11) is 1.31. The van der Waals surface area contributed by atoms with Crippen LogP contribution in [0.2, 0.25) is 0 Å². The van der Waals surface area contributed by atoms with Gasteiger partial charge in [-0.1, -0.05) is 19.9 Å². The van der Waals surface area contributed by atoms with Crippen molar-refractivity contribution in [3.63, 3.8) is 0 Å². The van der Waals surface area contributed by atoms with Crippen LogP contribution in [0.4, 0.5) is 0 Å². The van der Waals surface area contributed by atoms with Gasteiger partial charge in [0, 0.05) is 40.7 Å². The molecule has 2 saturated carbocycles. The van der Waals surface area contributed by atoms with Gasteiger partial charge in [0.05, 0.1) is 37.9 Å². The number of rotatable bonds is 4. The van der Waals surface area contributed by atoms with Crippen molar-refractivity contribution in [2.45, 2.75) is 83.1 Å². The van der Waals surface area contributed by atoms with Gasteiger partial charge in [0.2, 0.25) is 0 Å². The zero-order valence-corrected chi connectivity index (χ0v) is 23.1. The van der Waals surface area contributed by atoms with E-state index in [-0.39, 0.29) is 12.5 Å². The summed E-state index contributed by atoms with van der Waals surface area (Å²) in [5.41, 5.74) is -3.82. The average molecular weight is 545 g/mol. The van der Waals surface area contributed by atoms with Gasteiger partial charge in [-0.3, -0.25) is 4.79 Å². The van der Waals surface area contributed by atoms with Gasteiger partial charge in [0.1, 0.15) is 17.8 Å². The van der Waals surface area contributed by atoms with E-state index < -0.39 is 75.7 Å². The topological polar surface area (TPSA) is 134 Å². The van der Waals surface area contributed by atoms with Crippen LogP contribution in [0.15, 0.2) is 35.2 Å². The van der Waals surface area contributed by atoms with E-state index in [1.165, 1.54) is 26.4 Å². The van der Waals surface area contributed by atoms with Crippen LogP contribution < -0.4 is 0 Å². The third-order valence-corrected chi connectivity index (χ3v) is 10.8. The first-order valence-corrected chi connectivity index (χ1v) is 13.5. The summed E-state index contributed by atoms with van der Waals surface area (Å²) in [5.74, 6) is -2.38. The Morgan fingerprint density at radius 3 is 2.56 bits per heavy atom. The van der Waals surface area contributed by atoms with Crippen molar-refractivity contribution < 1.29 is 47.6 Å². The number of cyclic esters (lactones) is 1. The maximum absolute atomic E-state index is 13.4. The van der Waals surface area contributed by atoms with Gasteiger partial charge in [-0.2, -0.15) is 0 Å². The van der Waals surface area contributed by atoms with E-state index in [9.17, 15) is 19.5 Å². The Morgan fingerprint density at radius 1 is 1.18 bits per heavy atom. The van der Waals surface area contributed by atoms with E-state index in [4.69, 9.17) is 28.1 Å². The number of furan rings is 1. The fraction of sp³-hybridized carbons (Fsp3) is 0.690. The summed E-state index contributed by atoms with van der Waals surface area (Å²) >= 11 is 0. The molecular formula is C29H36O10. The van der Waals surface area contributed by atoms with Crippen molar-refractivity contribution >= 4 is 17.9 Å². The average Bonchev–Trinajstić information content (AvgIpc) is 3.33. The lowest BCUT2D eigenvalue weighted by molar-refractivity contribution is -0.271. The van der Waals surface area contributed by atoms with Crippen molar-refractivity contribution in [2.24, 2.45) is 28.1 Å². The highest BCUT2D eigenvalue weighted by Crippen LogP contribution is 2.80. The second-order valence-corrected chi connectivity index (χ2v) is 12.8. The Kier molecular flexibility index (Phi) is 5.56. The first kappa shape index (κ1) is 26.5. The fourth-order valence-electron chi connectivity index (χ4n) is 9.39. The first-order chi connectivity index (χ1) is 18.3. The molecule has 5 aliphatic rings. The smallest absolute Gasteiger partial charge is 0.339 e. The van der Waals surface area contributed by atoms with Crippen LogP contribution in [0.3, 0.4) is 0 Å². The second-order valence-electron chi connectivity index (χ2n) is 12.8. The quantitative estimate of drug-likeness (QED) is 0.261. The summed E-state index contributed by atoms with van der Waals surface area (Å²) < 4.78 is 35.0. The van der Waals surface area contributed by atoms with Crippen molar-refractivity contribution in [2.75, 3.05) is 13.7 Å². The number of carbonyl (C=O) groups excluding carboxylic acids is 3. The summed E-state index contributed by atoms with van der Waals surface area (Å²) in [6.07, 6.45) is 3.78. The molecule has 1 aromatic rings. The molecule has 6 rings (SSSR count). The van der Waals surface area contributed by atoms with Gasteiger partial charge in [0.15, 0.2) is 6.10 Å². The lowest BCUT2D eigenvalue weighted by Crippen LogP contribution is -2.75. The lowest BCUT2D eigenvalue weighted by atomic mass is 9.37. The molecule has 0 unspecified atom stereocenters. The predicted molar refractivity (Wildman–Crippen MR) is 133 cm³/mol. The highest BCUT2D eigenvalue weighted by Gasteiger charge is 2.90. The molecule has 3 saturated heterocycles. The molecular weight excluding hydrogens is 508 g/mol. The normalized spacial score (nSPS) is 47.3. The van der Waals surface area contributed by atoms with Crippen LogP contribution in [0.25, 0.3) is 0 Å². The third-order valence-electron chi connectivity index (χ3n) is 10.8. The Bertz CT molecular complexity index is 1240. The van der Waals surface area contributed by atoms with Crippen LogP contribution in [-0.4, -0.2) is 66.2 Å². The van der Waals surface area contributed by atoms with Crippen molar-refractivity contribution in [3.05, 3.63) is 36.3 Å². The van der Waals surface area contributed by atoms with Gasteiger partial charge in [-0.15, -0.1) is 0 Å². The molecule has 10 nitrogen and oxygen atoms in total. The Morgan fingerprint density at radius 2 is 1.92 bits per heavy atom. The van der Waals surface area contributed by atoms with Crippen molar-refractivity contribution in [1.29, 1.82) is 0 Å². The molecule has 1 aromatic heterocycles. The highest BCUT2D eigenvalue weighted by molar-refractivity contribution is 5.83. The van der Waals surface area contributed by atoms with Gasteiger partial charge >= 0.3 is 17.9 Å². The number of carbonyl (C=O) groups is 3. The maximum atomic E-state index is 13.4. The van der Waals surface area contributed by atoms with E-state index in [2.05, 4.69) is 0 Å². The van der Waals surface area contributed by atoms with E-state index in [0.717, 1.165) is 0 Å². The van der Waals surface area contributed by atoms with Crippen LogP contribution in [-0.2, 0) is 38.1 Å². The van der Waals surface area contributed by atoms with Gasteiger partial charge in [-0.05, 0) is 38.7 Å². The summed E-state index contributed by atoms with van der Waals surface area (Å²) in [4.78, 5) is 38.3. The summed E-state index contributed by atoms with van der Waals surface area (Å²) in [6, 6.07) is 1.78. The predicted octanol–water partition coefficient (Wildman–Crippen LogP) is 2.88. The molecule has 3 aliphatic heterocycles. The van der Waals surface area contributed by atoms with E-state index in [1.54, 1.807) is 18.4 Å². The largest absolute Gasteiger partial charge is 0.472 e. The molecule has 0 bridgehead atoms. The number of esters is 3. The number of methoxy groups -OCH3 is 1. The Balaban J connectivity index is 1.58. The SMILES string of the molecule is COC(=O)/C=C/[C@]12COC(C)(C)[C@@H]1[C@H](O)[C@H](OC(C)=O)[C@]1(C)[C@@H]2CC[C@]2(C)[C@H](c3ccoc3)OC(=O)[C@H]3O[C@@]312. The van der Waals surface area contributed by atoms with Crippen LogP contribution >= 0.6 is 0 Å². The van der Waals surface area contributed by atoms with E-state index in [1.807, 2.05) is 27.7 Å². The third kappa shape index (κ3) is 3.11. The number of fused-ring (bicyclic) bond motifs is 3. The number of aliphatic hydroxyl groups is 1. The molecule has 5 fully saturated rings. The minimum absolute atomic E-state index is 0.231. The van der Waals surface area contributed by atoms with E-state index >= 15 is 0 Å². The molecule has 2 aliphatic carbocycles. The second kappa shape index (κ2) is 8.17. The number of epoxide rings is 1. The molecule has 212 valence electrons. The van der Waals surface area contributed by atoms with Crippen LogP contribution in [0.5, 0.6) is 0 Å². The lowest BCUT2D eigenvalue weighted by Gasteiger charge is -2.67. The minimum atomic E-state index is -1.18. The molecule has 10 heteroatoms. The van der Waals surface area contributed by atoms with Gasteiger partial charge in [-0.25, -0.2) is 9.59 Å². The molecule has 0 aromatic carbocycles. The van der Waals surface area contributed by atoms with Gasteiger partial charge in [0.25, 0.3) is 0 Å². The monoisotopic (exact) mass is 544 g/mol. The first-order valence-electron chi connectivity index (χ1n) is 13.5. The Hall–Kier alpha value is -2.69. The number of hydrogen-bond acceptors (Lipinski definition) is 10. The zero-order valence-electron chi connectivity index (χ0n) is 23.1. The van der Waals surface area contributed by atoms with Crippen LogP contribution in [0.1, 0.15) is 59.1 Å². The maximum Gasteiger partial charge on any atom is 0.339 e. The highest BCUT2D eigenvalue weighted by atomic mass is 16.7. The van der Waals surface area contributed by atoms with Crippen molar-refractivity contribution in [1.82, 2.24) is 0 Å². The Labute approximate surface area is 226 Å². The number of aliphatic hydroxyl groups excluding tert-OH is 1. The molecule has 1 spiro atoms.